The van der Waals surface area contributed by atoms with E-state index in [9.17, 15) is 14.7 Å². The SMILES string of the molecule is COc1ccc(C(=O)NC(Cc2c[nH]c3ccccc23)C(=O)O)cc1OC. The first-order valence-corrected chi connectivity index (χ1v) is 8.34. The van der Waals surface area contributed by atoms with Crippen LogP contribution in [-0.4, -0.2) is 42.2 Å². The molecule has 140 valence electrons. The molecule has 3 N–H and O–H groups in total. The summed E-state index contributed by atoms with van der Waals surface area (Å²) in [7, 11) is 2.97. The van der Waals surface area contributed by atoms with Crippen molar-refractivity contribution in [2.75, 3.05) is 14.2 Å². The van der Waals surface area contributed by atoms with Crippen LogP contribution in [0.2, 0.25) is 0 Å². The Morgan fingerprint density at radius 3 is 2.56 bits per heavy atom. The highest BCUT2D eigenvalue weighted by Gasteiger charge is 2.23. The number of carbonyl (C=O) groups is 2. The number of rotatable bonds is 7. The molecule has 3 aromatic rings. The number of benzene rings is 2. The van der Waals surface area contributed by atoms with Crippen molar-refractivity contribution in [1.82, 2.24) is 10.3 Å². The van der Waals surface area contributed by atoms with E-state index in [0.717, 1.165) is 16.5 Å². The molecular formula is C20H20N2O5. The standard InChI is InChI=1S/C20H20N2O5/c1-26-17-8-7-12(10-18(17)27-2)19(23)22-16(20(24)25)9-13-11-21-15-6-4-3-5-14(13)15/h3-8,10-11,16,21H,9H2,1-2H3,(H,22,23)(H,24,25). The second-order valence-corrected chi connectivity index (χ2v) is 6.00. The van der Waals surface area contributed by atoms with E-state index < -0.39 is 17.9 Å². The van der Waals surface area contributed by atoms with Crippen LogP contribution in [0.5, 0.6) is 11.5 Å². The van der Waals surface area contributed by atoms with Gasteiger partial charge in [-0.25, -0.2) is 4.79 Å². The van der Waals surface area contributed by atoms with E-state index in [1.165, 1.54) is 20.3 Å². The zero-order valence-corrected chi connectivity index (χ0v) is 15.0. The molecule has 1 unspecified atom stereocenters. The molecule has 0 radical (unpaired) electrons. The van der Waals surface area contributed by atoms with Gasteiger partial charge in [0.2, 0.25) is 0 Å². The lowest BCUT2D eigenvalue weighted by Gasteiger charge is -2.15. The maximum Gasteiger partial charge on any atom is 0.326 e. The predicted molar refractivity (Wildman–Crippen MR) is 100 cm³/mol. The molecule has 0 spiro atoms. The maximum absolute atomic E-state index is 12.5. The fourth-order valence-corrected chi connectivity index (χ4v) is 2.94. The van der Waals surface area contributed by atoms with Gasteiger partial charge in [-0.1, -0.05) is 18.2 Å². The van der Waals surface area contributed by atoms with Gasteiger partial charge in [0.25, 0.3) is 5.91 Å². The number of carboxylic acid groups (broad SMARTS) is 1. The normalized spacial score (nSPS) is 11.8. The Labute approximate surface area is 155 Å². The van der Waals surface area contributed by atoms with Crippen LogP contribution in [0.4, 0.5) is 0 Å². The zero-order chi connectivity index (χ0) is 19.4. The molecule has 27 heavy (non-hydrogen) atoms. The third-order valence-corrected chi connectivity index (χ3v) is 4.35. The number of fused-ring (bicyclic) bond motifs is 1. The number of aromatic amines is 1. The van der Waals surface area contributed by atoms with Crippen LogP contribution in [0, 0.1) is 0 Å². The van der Waals surface area contributed by atoms with E-state index in [2.05, 4.69) is 10.3 Å². The van der Waals surface area contributed by atoms with Gasteiger partial charge in [-0.3, -0.25) is 4.79 Å². The van der Waals surface area contributed by atoms with E-state index >= 15 is 0 Å². The van der Waals surface area contributed by atoms with Gasteiger partial charge >= 0.3 is 5.97 Å². The van der Waals surface area contributed by atoms with E-state index in [1.807, 2.05) is 24.3 Å². The van der Waals surface area contributed by atoms with Gasteiger partial charge < -0.3 is 24.9 Å². The van der Waals surface area contributed by atoms with Crippen LogP contribution in [-0.2, 0) is 11.2 Å². The van der Waals surface area contributed by atoms with Crippen LogP contribution in [0.3, 0.4) is 0 Å². The maximum atomic E-state index is 12.5. The van der Waals surface area contributed by atoms with E-state index in [4.69, 9.17) is 9.47 Å². The number of hydrogen-bond donors (Lipinski definition) is 3. The van der Waals surface area contributed by atoms with Gasteiger partial charge in [0, 0.05) is 29.1 Å². The molecule has 1 heterocycles. The highest BCUT2D eigenvalue weighted by molar-refractivity contribution is 5.97. The predicted octanol–water partition coefficient (Wildman–Crippen LogP) is 2.61. The number of carboxylic acids is 1. The van der Waals surface area contributed by atoms with Crippen LogP contribution >= 0.6 is 0 Å². The van der Waals surface area contributed by atoms with Crippen molar-refractivity contribution < 1.29 is 24.2 Å². The van der Waals surface area contributed by atoms with Crippen molar-refractivity contribution in [1.29, 1.82) is 0 Å². The van der Waals surface area contributed by atoms with E-state index in [1.54, 1.807) is 18.3 Å². The first kappa shape index (κ1) is 18.3. The summed E-state index contributed by atoms with van der Waals surface area (Å²) in [6.45, 7) is 0. The van der Waals surface area contributed by atoms with Crippen LogP contribution in [0.15, 0.2) is 48.7 Å². The summed E-state index contributed by atoms with van der Waals surface area (Å²) in [5.41, 5.74) is 2.03. The Bertz CT molecular complexity index is 979. The molecule has 1 atom stereocenters. The first-order chi connectivity index (χ1) is 13.0. The first-order valence-electron chi connectivity index (χ1n) is 8.34. The van der Waals surface area contributed by atoms with Gasteiger partial charge in [0.05, 0.1) is 14.2 Å². The molecule has 0 saturated heterocycles. The zero-order valence-electron chi connectivity index (χ0n) is 15.0. The van der Waals surface area contributed by atoms with Crippen molar-refractivity contribution in [3.05, 3.63) is 59.8 Å². The molecule has 0 aliphatic carbocycles. The van der Waals surface area contributed by atoms with Crippen molar-refractivity contribution >= 4 is 22.8 Å². The summed E-state index contributed by atoms with van der Waals surface area (Å²) in [6.07, 6.45) is 1.93. The summed E-state index contributed by atoms with van der Waals surface area (Å²) < 4.78 is 10.3. The fourth-order valence-electron chi connectivity index (χ4n) is 2.94. The Morgan fingerprint density at radius 1 is 1.11 bits per heavy atom. The number of aliphatic carboxylic acids is 1. The molecule has 0 saturated carbocycles. The Hall–Kier alpha value is -3.48. The molecule has 0 aliphatic heterocycles. The summed E-state index contributed by atoms with van der Waals surface area (Å²) >= 11 is 0. The number of H-pyrrole nitrogens is 1. The number of ether oxygens (including phenoxy) is 2. The van der Waals surface area contributed by atoms with Crippen LogP contribution in [0.25, 0.3) is 10.9 Å². The van der Waals surface area contributed by atoms with Gasteiger partial charge in [-0.15, -0.1) is 0 Å². The Balaban J connectivity index is 1.80. The minimum absolute atomic E-state index is 0.165. The van der Waals surface area contributed by atoms with Gasteiger partial charge in [-0.2, -0.15) is 0 Å². The third kappa shape index (κ3) is 3.87. The number of amides is 1. The van der Waals surface area contributed by atoms with Gasteiger partial charge in [0.1, 0.15) is 6.04 Å². The lowest BCUT2D eigenvalue weighted by Crippen LogP contribution is -2.42. The summed E-state index contributed by atoms with van der Waals surface area (Å²) in [6, 6.07) is 11.2. The number of nitrogens with one attached hydrogen (secondary N) is 2. The lowest BCUT2D eigenvalue weighted by atomic mass is 10.0. The molecule has 3 rings (SSSR count). The number of carbonyl (C=O) groups excluding carboxylic acids is 1. The molecule has 0 fully saturated rings. The average molecular weight is 368 g/mol. The van der Waals surface area contributed by atoms with Crippen molar-refractivity contribution in [2.45, 2.75) is 12.5 Å². The number of aromatic nitrogens is 1. The number of para-hydroxylation sites is 1. The largest absolute Gasteiger partial charge is 0.493 e. The molecule has 0 bridgehead atoms. The second-order valence-electron chi connectivity index (χ2n) is 6.00. The Morgan fingerprint density at radius 2 is 1.85 bits per heavy atom. The highest BCUT2D eigenvalue weighted by atomic mass is 16.5. The van der Waals surface area contributed by atoms with Gasteiger partial charge in [0.15, 0.2) is 11.5 Å². The number of hydrogen-bond acceptors (Lipinski definition) is 4. The van der Waals surface area contributed by atoms with Crippen molar-refractivity contribution in [3.8, 4) is 11.5 Å². The van der Waals surface area contributed by atoms with Crippen LogP contribution < -0.4 is 14.8 Å². The number of methoxy groups -OCH3 is 2. The van der Waals surface area contributed by atoms with E-state index in [-0.39, 0.29) is 12.0 Å². The second kappa shape index (κ2) is 7.82. The fraction of sp³-hybridized carbons (Fsp3) is 0.200. The molecule has 1 aromatic heterocycles. The topological polar surface area (TPSA) is 101 Å². The summed E-state index contributed by atoms with van der Waals surface area (Å²) in [4.78, 5) is 27.3. The average Bonchev–Trinajstić information content (AvgIpc) is 3.09. The molecule has 1 amide bonds. The third-order valence-electron chi connectivity index (χ3n) is 4.35. The minimum atomic E-state index is -1.10. The molecule has 2 aromatic carbocycles. The van der Waals surface area contributed by atoms with Crippen molar-refractivity contribution in [3.63, 3.8) is 0 Å². The van der Waals surface area contributed by atoms with E-state index in [0.29, 0.717) is 11.5 Å². The highest BCUT2D eigenvalue weighted by Crippen LogP contribution is 2.27. The quantitative estimate of drug-likeness (QED) is 0.595. The lowest BCUT2D eigenvalue weighted by molar-refractivity contribution is -0.139. The minimum Gasteiger partial charge on any atom is -0.493 e. The van der Waals surface area contributed by atoms with Crippen molar-refractivity contribution in [2.24, 2.45) is 0 Å². The molecular weight excluding hydrogens is 348 g/mol. The molecule has 0 aliphatic rings. The smallest absolute Gasteiger partial charge is 0.326 e. The summed E-state index contributed by atoms with van der Waals surface area (Å²) in [5.74, 6) is -0.714. The summed E-state index contributed by atoms with van der Waals surface area (Å²) in [5, 5.41) is 13.1. The molecule has 7 nitrogen and oxygen atoms in total. The van der Waals surface area contributed by atoms with Gasteiger partial charge in [-0.05, 0) is 29.8 Å². The molecule has 7 heteroatoms. The van der Waals surface area contributed by atoms with Crippen LogP contribution in [0.1, 0.15) is 15.9 Å². The monoisotopic (exact) mass is 368 g/mol. The Kier molecular flexibility index (Phi) is 5.30.